The minimum atomic E-state index is -0.256. The van der Waals surface area contributed by atoms with Crippen molar-refractivity contribution >= 4 is 43.9 Å². The maximum atomic E-state index is 14.5. The van der Waals surface area contributed by atoms with E-state index in [4.69, 9.17) is 8.83 Å². The van der Waals surface area contributed by atoms with E-state index in [0.29, 0.717) is 32.9 Å². The Morgan fingerprint density at radius 2 is 0.600 bits per heavy atom. The number of rotatable bonds is 6. The minimum absolute atomic E-state index is 0.204. The number of benzene rings is 9. The van der Waals surface area contributed by atoms with Crippen LogP contribution in [0.2, 0.25) is 0 Å². The van der Waals surface area contributed by atoms with Crippen LogP contribution < -0.4 is 10.9 Å². The fraction of sp³-hybridized carbons (Fsp3) is 0. The molecule has 60 heavy (non-hydrogen) atoms. The van der Waals surface area contributed by atoms with Crippen LogP contribution in [0, 0.1) is 0 Å². The van der Waals surface area contributed by atoms with Crippen LogP contribution in [0.15, 0.2) is 225 Å². The van der Waals surface area contributed by atoms with Gasteiger partial charge in [-0.05, 0) is 140 Å². The van der Waals surface area contributed by atoms with Crippen molar-refractivity contribution in [2.75, 3.05) is 0 Å². The molecule has 282 valence electrons. The van der Waals surface area contributed by atoms with E-state index < -0.39 is 0 Å². The van der Waals surface area contributed by atoms with E-state index >= 15 is 0 Å². The Morgan fingerprint density at radius 1 is 0.250 bits per heavy atom. The van der Waals surface area contributed by atoms with Crippen LogP contribution in [-0.4, -0.2) is 0 Å². The van der Waals surface area contributed by atoms with Gasteiger partial charge in [0.2, 0.25) is 10.9 Å². The molecule has 4 nitrogen and oxygen atoms in total. The molecule has 0 amide bonds. The first kappa shape index (κ1) is 35.1. The molecular formula is C56H34O4. The molecule has 2 heterocycles. The van der Waals surface area contributed by atoms with E-state index in [1.54, 1.807) is 12.1 Å². The first-order valence-corrected chi connectivity index (χ1v) is 20.0. The average molecular weight is 771 g/mol. The Morgan fingerprint density at radius 3 is 1.02 bits per heavy atom. The molecule has 0 spiro atoms. The summed E-state index contributed by atoms with van der Waals surface area (Å²) in [6.45, 7) is 0. The van der Waals surface area contributed by atoms with Gasteiger partial charge in [0.15, 0.2) is 5.58 Å². The summed E-state index contributed by atoms with van der Waals surface area (Å²) in [6, 6.07) is 69.1. The third-order valence-electron chi connectivity index (χ3n) is 11.4. The third-order valence-corrected chi connectivity index (χ3v) is 11.4. The zero-order valence-corrected chi connectivity index (χ0v) is 32.3. The molecule has 11 rings (SSSR count). The Bertz CT molecular complexity index is 3440. The van der Waals surface area contributed by atoms with Gasteiger partial charge in [-0.15, -0.1) is 0 Å². The number of hydrogen-bond donors (Lipinski definition) is 0. The van der Waals surface area contributed by atoms with Gasteiger partial charge in [-0.2, -0.15) is 0 Å². The van der Waals surface area contributed by atoms with Gasteiger partial charge in [-0.25, -0.2) is 0 Å². The minimum Gasteiger partial charge on any atom is -0.456 e. The average Bonchev–Trinajstić information content (AvgIpc) is 3.32. The number of fused-ring (bicyclic) bond motifs is 5. The third kappa shape index (κ3) is 6.19. The summed E-state index contributed by atoms with van der Waals surface area (Å²) in [6.07, 6.45) is 0. The van der Waals surface area contributed by atoms with Gasteiger partial charge in [-0.1, -0.05) is 133 Å². The molecule has 0 aliphatic rings. The maximum absolute atomic E-state index is 14.5. The van der Waals surface area contributed by atoms with Crippen LogP contribution in [0.1, 0.15) is 0 Å². The molecule has 9 aromatic carbocycles. The number of hydrogen-bond acceptors (Lipinski definition) is 4. The molecule has 0 unspecified atom stereocenters. The molecule has 0 fully saturated rings. The normalized spacial score (nSPS) is 11.5. The Hall–Kier alpha value is -8.08. The van der Waals surface area contributed by atoms with E-state index in [0.717, 1.165) is 66.8 Å². The summed E-state index contributed by atoms with van der Waals surface area (Å²) < 4.78 is 13.1. The van der Waals surface area contributed by atoms with Gasteiger partial charge < -0.3 is 8.83 Å². The van der Waals surface area contributed by atoms with Crippen LogP contribution in [0.25, 0.3) is 111 Å². The summed E-state index contributed by atoms with van der Waals surface area (Å²) >= 11 is 0. The zero-order chi connectivity index (χ0) is 40.2. The van der Waals surface area contributed by atoms with Gasteiger partial charge >= 0.3 is 0 Å². The largest absolute Gasteiger partial charge is 0.456 e. The van der Waals surface area contributed by atoms with Crippen molar-refractivity contribution in [1.29, 1.82) is 0 Å². The maximum Gasteiger partial charge on any atom is 0.204 e. The second kappa shape index (κ2) is 14.4. The molecule has 11 aromatic rings. The molecule has 2 aromatic heterocycles. The summed E-state index contributed by atoms with van der Waals surface area (Å²) in [5.74, 6) is 0. The molecule has 4 heteroatoms. The molecular weight excluding hydrogens is 737 g/mol. The predicted octanol–water partition coefficient (Wildman–Crippen LogP) is 14.2. The van der Waals surface area contributed by atoms with Gasteiger partial charge in [0.1, 0.15) is 22.1 Å². The fourth-order valence-electron chi connectivity index (χ4n) is 8.38. The molecule has 0 atom stereocenters. The predicted molar refractivity (Wildman–Crippen MR) is 246 cm³/mol. The molecule has 0 saturated heterocycles. The Kier molecular flexibility index (Phi) is 8.42. The van der Waals surface area contributed by atoms with Gasteiger partial charge in [0.05, 0.1) is 16.2 Å². The summed E-state index contributed by atoms with van der Waals surface area (Å²) in [5, 5.41) is 1.42. The summed E-state index contributed by atoms with van der Waals surface area (Å²) in [4.78, 5) is 28.6. The highest BCUT2D eigenvalue weighted by molar-refractivity contribution is 6.08. The lowest BCUT2D eigenvalue weighted by molar-refractivity contribution is 0.649. The quantitative estimate of drug-likeness (QED) is 0.125. The first-order chi connectivity index (χ1) is 29.5. The smallest absolute Gasteiger partial charge is 0.204 e. The standard InChI is InChI=1S/C56H34O4/c57-54-47-23-21-40(46-31-43(37-17-9-3-10-18-37)28-44(32-46)38-19-11-4-12-20-38)34-52(47)60-56-49(54)25-26-50-53(56)55(58)48-24-22-39(33-51(48)59-50)45-29-41(35-13-5-1-6-14-35)27-42(30-45)36-15-7-2-8-16-36/h1-34H. The summed E-state index contributed by atoms with van der Waals surface area (Å²) in [5.41, 5.74) is 13.5. The Balaban J connectivity index is 1.05. The molecule has 0 bridgehead atoms. The van der Waals surface area contributed by atoms with E-state index in [9.17, 15) is 9.59 Å². The van der Waals surface area contributed by atoms with E-state index in [1.807, 2.05) is 109 Å². The van der Waals surface area contributed by atoms with Crippen molar-refractivity contribution in [3.8, 4) is 66.8 Å². The summed E-state index contributed by atoms with van der Waals surface area (Å²) in [7, 11) is 0. The van der Waals surface area contributed by atoms with Crippen molar-refractivity contribution in [2.45, 2.75) is 0 Å². The van der Waals surface area contributed by atoms with Crippen molar-refractivity contribution in [2.24, 2.45) is 0 Å². The van der Waals surface area contributed by atoms with E-state index in [1.165, 1.54) is 0 Å². The van der Waals surface area contributed by atoms with Crippen LogP contribution >= 0.6 is 0 Å². The van der Waals surface area contributed by atoms with Crippen molar-refractivity contribution in [3.63, 3.8) is 0 Å². The van der Waals surface area contributed by atoms with Crippen molar-refractivity contribution < 1.29 is 8.83 Å². The molecule has 0 N–H and O–H groups in total. The SMILES string of the molecule is O=c1c2ccc(-c3cc(-c4ccccc4)cc(-c4ccccc4)c3)cc2oc2c1ccc1oc3cc(-c4cc(-c5ccccc5)cc(-c5ccccc5)c4)ccc3c(=O)c12. The lowest BCUT2D eigenvalue weighted by Gasteiger charge is -2.12. The molecule has 0 saturated carbocycles. The first-order valence-electron chi connectivity index (χ1n) is 20.0. The van der Waals surface area contributed by atoms with Gasteiger partial charge in [0, 0.05) is 0 Å². The molecule has 0 aliphatic heterocycles. The highest BCUT2D eigenvalue weighted by Gasteiger charge is 2.18. The highest BCUT2D eigenvalue weighted by atomic mass is 16.3. The highest BCUT2D eigenvalue weighted by Crippen LogP contribution is 2.37. The van der Waals surface area contributed by atoms with Crippen LogP contribution in [0.3, 0.4) is 0 Å². The fourth-order valence-corrected chi connectivity index (χ4v) is 8.38. The second-order valence-electron chi connectivity index (χ2n) is 15.2. The van der Waals surface area contributed by atoms with Crippen LogP contribution in [0.5, 0.6) is 0 Å². The van der Waals surface area contributed by atoms with Gasteiger partial charge in [0.25, 0.3) is 0 Å². The van der Waals surface area contributed by atoms with Crippen molar-refractivity contribution in [3.05, 3.63) is 227 Å². The van der Waals surface area contributed by atoms with Crippen molar-refractivity contribution in [1.82, 2.24) is 0 Å². The van der Waals surface area contributed by atoms with E-state index in [2.05, 4.69) is 84.9 Å². The Labute approximate surface area is 344 Å². The molecule has 0 aliphatic carbocycles. The second-order valence-corrected chi connectivity index (χ2v) is 15.2. The van der Waals surface area contributed by atoms with Gasteiger partial charge in [-0.3, -0.25) is 9.59 Å². The zero-order valence-electron chi connectivity index (χ0n) is 32.3. The lowest BCUT2D eigenvalue weighted by atomic mass is 9.93. The van der Waals surface area contributed by atoms with Crippen LogP contribution in [0.4, 0.5) is 0 Å². The van der Waals surface area contributed by atoms with E-state index in [-0.39, 0.29) is 21.8 Å². The molecule has 0 radical (unpaired) electrons. The topological polar surface area (TPSA) is 60.4 Å². The lowest BCUT2D eigenvalue weighted by Crippen LogP contribution is -2.07. The monoisotopic (exact) mass is 770 g/mol. The van der Waals surface area contributed by atoms with Crippen LogP contribution in [-0.2, 0) is 0 Å².